The number of carbonyl (C=O) groups excluding carboxylic acids is 3. The predicted octanol–water partition coefficient (Wildman–Crippen LogP) is 1.73. The average molecular weight is 331 g/mol. The maximum atomic E-state index is 11.9. The molecule has 1 rings (SSSR count). The molecule has 0 saturated heterocycles. The summed E-state index contributed by atoms with van der Waals surface area (Å²) >= 11 is 0. The van der Waals surface area contributed by atoms with Crippen molar-refractivity contribution in [2.75, 3.05) is 5.32 Å². The molecule has 0 atom stereocenters. The fraction of sp³-hybridized carbons (Fsp3) is 0.357. The zero-order valence-corrected chi connectivity index (χ0v) is 12.5. The van der Waals surface area contributed by atoms with Crippen molar-refractivity contribution in [1.82, 2.24) is 10.9 Å². The van der Waals surface area contributed by atoms with Gasteiger partial charge in [-0.15, -0.1) is 0 Å². The Morgan fingerprint density at radius 1 is 1.00 bits per heavy atom. The molecule has 3 N–H and O–H groups in total. The van der Waals surface area contributed by atoms with E-state index >= 15 is 0 Å². The molecule has 0 aromatic heterocycles. The Kier molecular flexibility index (Phi) is 6.11. The lowest BCUT2D eigenvalue weighted by molar-refractivity contribution is -0.175. The Hall–Kier alpha value is -2.58. The van der Waals surface area contributed by atoms with E-state index in [1.165, 1.54) is 5.43 Å². The van der Waals surface area contributed by atoms with Gasteiger partial charge in [-0.2, -0.15) is 13.2 Å². The van der Waals surface area contributed by atoms with Crippen molar-refractivity contribution >= 4 is 23.4 Å². The monoisotopic (exact) mass is 331 g/mol. The number of anilines is 1. The Balaban J connectivity index is 2.38. The number of amides is 3. The second kappa shape index (κ2) is 7.61. The quantitative estimate of drug-likeness (QED) is 0.734. The third kappa shape index (κ3) is 6.37. The van der Waals surface area contributed by atoms with Gasteiger partial charge in [0.25, 0.3) is 0 Å². The summed E-state index contributed by atoms with van der Waals surface area (Å²) in [5, 5.41) is 2.60. The molecule has 126 valence electrons. The van der Waals surface area contributed by atoms with Crippen LogP contribution in [-0.2, 0) is 14.4 Å². The van der Waals surface area contributed by atoms with Gasteiger partial charge in [0.1, 0.15) is 0 Å². The second-order valence-corrected chi connectivity index (χ2v) is 4.87. The number of carbonyl (C=O) groups is 3. The minimum absolute atomic E-state index is 0.235. The van der Waals surface area contributed by atoms with Crippen LogP contribution in [0.5, 0.6) is 0 Å². The van der Waals surface area contributed by atoms with E-state index in [2.05, 4.69) is 5.32 Å². The highest BCUT2D eigenvalue weighted by molar-refractivity contribution is 5.94. The smallest absolute Gasteiger partial charge is 0.326 e. The molecule has 0 aliphatic heterocycles. The van der Waals surface area contributed by atoms with Crippen LogP contribution in [0, 0.1) is 13.8 Å². The van der Waals surface area contributed by atoms with Crippen LogP contribution >= 0.6 is 0 Å². The summed E-state index contributed by atoms with van der Waals surface area (Å²) in [5.74, 6) is -3.65. The lowest BCUT2D eigenvalue weighted by Gasteiger charge is -2.10. The first-order valence-corrected chi connectivity index (χ1v) is 6.62. The first-order valence-electron chi connectivity index (χ1n) is 6.62. The second-order valence-electron chi connectivity index (χ2n) is 4.87. The van der Waals surface area contributed by atoms with Crippen molar-refractivity contribution in [3.05, 3.63) is 29.3 Å². The Morgan fingerprint density at radius 2 is 1.61 bits per heavy atom. The number of nitrogens with one attached hydrogen (secondary N) is 3. The van der Waals surface area contributed by atoms with Gasteiger partial charge in [0.2, 0.25) is 11.8 Å². The summed E-state index contributed by atoms with van der Waals surface area (Å²) in [6, 6.07) is 5.39. The molecule has 0 spiro atoms. The SMILES string of the molecule is Cc1ccc(NC(=O)CCC(=O)NNC(=O)C(F)(F)F)c(C)c1. The van der Waals surface area contributed by atoms with E-state index in [0.717, 1.165) is 11.1 Å². The van der Waals surface area contributed by atoms with Crippen molar-refractivity contribution in [1.29, 1.82) is 0 Å². The summed E-state index contributed by atoms with van der Waals surface area (Å²) in [6.07, 6.45) is -5.69. The molecule has 0 unspecified atom stereocenters. The zero-order chi connectivity index (χ0) is 17.6. The molecule has 23 heavy (non-hydrogen) atoms. The molecule has 0 fully saturated rings. The predicted molar refractivity (Wildman–Crippen MR) is 76.1 cm³/mol. The molecule has 0 aliphatic carbocycles. The number of aryl methyl sites for hydroxylation is 2. The van der Waals surface area contributed by atoms with Gasteiger partial charge in [-0.3, -0.25) is 25.2 Å². The van der Waals surface area contributed by atoms with Gasteiger partial charge < -0.3 is 5.32 Å². The minimum atomic E-state index is -5.09. The van der Waals surface area contributed by atoms with Gasteiger partial charge in [0.05, 0.1) is 0 Å². The summed E-state index contributed by atoms with van der Waals surface area (Å²) in [5.41, 5.74) is 5.27. The third-order valence-electron chi connectivity index (χ3n) is 2.81. The standard InChI is InChI=1S/C14H16F3N3O3/c1-8-3-4-10(9(2)7-8)18-11(21)5-6-12(22)19-20-13(23)14(15,16)17/h3-4,7H,5-6H2,1-2H3,(H,18,21)(H,19,22)(H,20,23). The van der Waals surface area contributed by atoms with Gasteiger partial charge >= 0.3 is 12.1 Å². The van der Waals surface area contributed by atoms with Crippen molar-refractivity contribution in [3.8, 4) is 0 Å². The number of hydrogen-bond donors (Lipinski definition) is 3. The number of rotatable bonds is 4. The van der Waals surface area contributed by atoms with E-state index in [0.29, 0.717) is 5.69 Å². The van der Waals surface area contributed by atoms with E-state index in [9.17, 15) is 27.6 Å². The van der Waals surface area contributed by atoms with E-state index in [-0.39, 0.29) is 12.8 Å². The zero-order valence-electron chi connectivity index (χ0n) is 12.5. The molecule has 6 nitrogen and oxygen atoms in total. The molecule has 9 heteroatoms. The highest BCUT2D eigenvalue weighted by Crippen LogP contribution is 2.16. The van der Waals surface area contributed by atoms with Crippen molar-refractivity contribution in [2.24, 2.45) is 0 Å². The first-order chi connectivity index (χ1) is 10.6. The van der Waals surface area contributed by atoms with Crippen LogP contribution in [0.1, 0.15) is 24.0 Å². The van der Waals surface area contributed by atoms with Crippen molar-refractivity contribution in [3.63, 3.8) is 0 Å². The molecule has 0 bridgehead atoms. The molecule has 1 aromatic rings. The van der Waals surface area contributed by atoms with E-state index < -0.39 is 23.9 Å². The Morgan fingerprint density at radius 3 is 2.17 bits per heavy atom. The molecular formula is C14H16F3N3O3. The van der Waals surface area contributed by atoms with Crippen LogP contribution in [0.4, 0.5) is 18.9 Å². The summed E-state index contributed by atoms with van der Waals surface area (Å²) < 4.78 is 35.7. The molecule has 3 amide bonds. The van der Waals surface area contributed by atoms with Gasteiger partial charge in [0.15, 0.2) is 0 Å². The van der Waals surface area contributed by atoms with Crippen LogP contribution in [-0.4, -0.2) is 23.9 Å². The Labute approximate surface area is 130 Å². The summed E-state index contributed by atoms with van der Waals surface area (Å²) in [7, 11) is 0. The number of halogens is 3. The molecule has 0 radical (unpaired) electrons. The topological polar surface area (TPSA) is 87.3 Å². The largest absolute Gasteiger partial charge is 0.472 e. The summed E-state index contributed by atoms with van der Waals surface area (Å²) in [6.45, 7) is 3.71. The van der Waals surface area contributed by atoms with Crippen LogP contribution in [0.15, 0.2) is 18.2 Å². The lowest BCUT2D eigenvalue weighted by Crippen LogP contribution is -2.47. The van der Waals surface area contributed by atoms with Crippen LogP contribution in [0.3, 0.4) is 0 Å². The molecule has 1 aromatic carbocycles. The van der Waals surface area contributed by atoms with E-state index in [1.807, 2.05) is 26.0 Å². The van der Waals surface area contributed by atoms with Gasteiger partial charge in [-0.1, -0.05) is 17.7 Å². The van der Waals surface area contributed by atoms with Crippen molar-refractivity contribution in [2.45, 2.75) is 32.9 Å². The number of hydrazine groups is 1. The molecule has 0 aliphatic rings. The summed E-state index contributed by atoms with van der Waals surface area (Å²) in [4.78, 5) is 33.4. The van der Waals surface area contributed by atoms with E-state index in [4.69, 9.17) is 0 Å². The van der Waals surface area contributed by atoms with Gasteiger partial charge in [0, 0.05) is 18.5 Å². The fourth-order valence-corrected chi connectivity index (χ4v) is 1.65. The van der Waals surface area contributed by atoms with Crippen LogP contribution in [0.2, 0.25) is 0 Å². The lowest BCUT2D eigenvalue weighted by atomic mass is 10.1. The number of benzene rings is 1. The number of hydrogen-bond acceptors (Lipinski definition) is 3. The normalized spacial score (nSPS) is 10.8. The first kappa shape index (κ1) is 18.5. The highest BCUT2D eigenvalue weighted by atomic mass is 19.4. The van der Waals surface area contributed by atoms with E-state index in [1.54, 1.807) is 11.5 Å². The fourth-order valence-electron chi connectivity index (χ4n) is 1.65. The third-order valence-corrected chi connectivity index (χ3v) is 2.81. The van der Waals surface area contributed by atoms with Crippen molar-refractivity contribution < 1.29 is 27.6 Å². The number of alkyl halides is 3. The molecule has 0 heterocycles. The maximum Gasteiger partial charge on any atom is 0.472 e. The maximum absolute atomic E-state index is 11.9. The van der Waals surface area contributed by atoms with Gasteiger partial charge in [-0.05, 0) is 25.5 Å². The average Bonchev–Trinajstić information content (AvgIpc) is 2.44. The highest BCUT2D eigenvalue weighted by Gasteiger charge is 2.38. The Bertz CT molecular complexity index is 615. The molecular weight excluding hydrogens is 315 g/mol. The van der Waals surface area contributed by atoms with Crippen LogP contribution in [0.25, 0.3) is 0 Å². The van der Waals surface area contributed by atoms with Gasteiger partial charge in [-0.25, -0.2) is 0 Å². The van der Waals surface area contributed by atoms with Crippen LogP contribution < -0.4 is 16.2 Å². The minimum Gasteiger partial charge on any atom is -0.326 e. The molecule has 0 saturated carbocycles.